The molecule has 0 bridgehead atoms. The highest BCUT2D eigenvalue weighted by atomic mass is 32.2. The number of H-pyrrole nitrogens is 1. The number of Topliss-reactive ketones (excluding diaryl/α,β-unsaturated/α-hetero) is 1. The van der Waals surface area contributed by atoms with Crippen LogP contribution in [0.25, 0.3) is 10.9 Å². The Balaban J connectivity index is 1.71. The highest BCUT2D eigenvalue weighted by Crippen LogP contribution is 2.24. The molecule has 0 fully saturated rings. The lowest BCUT2D eigenvalue weighted by molar-refractivity contribution is 0.102. The Morgan fingerprint density at radius 3 is 2.67 bits per heavy atom. The topological polar surface area (TPSA) is 42.1 Å². The number of aromatic amines is 1. The molecule has 0 amide bonds. The van der Waals surface area contributed by atoms with Gasteiger partial charge in [-0.1, -0.05) is 18.2 Å². The average molecular weight is 297 g/mol. The number of fused-ring (bicyclic) bond motifs is 1. The highest BCUT2D eigenvalue weighted by molar-refractivity contribution is 8.00. The molecular weight excluding hydrogens is 282 g/mol. The number of benzene rings is 2. The molecule has 3 aromatic rings. The number of carbonyl (C=O) groups is 1. The lowest BCUT2D eigenvalue weighted by atomic mass is 10.1. The molecule has 0 aliphatic rings. The van der Waals surface area contributed by atoms with Crippen LogP contribution in [0.4, 0.5) is 0 Å². The van der Waals surface area contributed by atoms with E-state index in [1.54, 1.807) is 13.3 Å². The minimum atomic E-state index is 0.133. The van der Waals surface area contributed by atoms with Crippen LogP contribution < -0.4 is 4.74 Å². The van der Waals surface area contributed by atoms with Crippen molar-refractivity contribution in [2.24, 2.45) is 0 Å². The smallest absolute Gasteiger partial charge is 0.175 e. The van der Waals surface area contributed by atoms with Crippen molar-refractivity contribution in [2.75, 3.05) is 12.9 Å². The molecule has 2 aromatic carbocycles. The van der Waals surface area contributed by atoms with Crippen LogP contribution in [0.5, 0.6) is 5.75 Å². The van der Waals surface area contributed by atoms with E-state index in [9.17, 15) is 4.79 Å². The van der Waals surface area contributed by atoms with Crippen molar-refractivity contribution < 1.29 is 9.53 Å². The number of ketones is 1. The third kappa shape index (κ3) is 2.95. The summed E-state index contributed by atoms with van der Waals surface area (Å²) in [5.41, 5.74) is 1.75. The van der Waals surface area contributed by atoms with Crippen molar-refractivity contribution >= 4 is 28.4 Å². The van der Waals surface area contributed by atoms with Gasteiger partial charge >= 0.3 is 0 Å². The van der Waals surface area contributed by atoms with Crippen LogP contribution in [0.15, 0.2) is 59.6 Å². The van der Waals surface area contributed by atoms with Gasteiger partial charge in [0.25, 0.3) is 0 Å². The zero-order chi connectivity index (χ0) is 14.7. The van der Waals surface area contributed by atoms with E-state index in [0.717, 1.165) is 27.1 Å². The van der Waals surface area contributed by atoms with Crippen molar-refractivity contribution in [3.8, 4) is 5.75 Å². The van der Waals surface area contributed by atoms with Crippen LogP contribution in [-0.2, 0) is 0 Å². The van der Waals surface area contributed by atoms with Crippen molar-refractivity contribution in [1.82, 2.24) is 4.98 Å². The van der Waals surface area contributed by atoms with E-state index in [4.69, 9.17) is 4.74 Å². The predicted molar refractivity (Wildman–Crippen MR) is 86.3 cm³/mol. The Labute approximate surface area is 127 Å². The quantitative estimate of drug-likeness (QED) is 0.568. The summed E-state index contributed by atoms with van der Waals surface area (Å²) in [4.78, 5) is 16.5. The first-order valence-electron chi connectivity index (χ1n) is 6.64. The fourth-order valence-corrected chi connectivity index (χ4v) is 2.98. The van der Waals surface area contributed by atoms with E-state index >= 15 is 0 Å². The van der Waals surface area contributed by atoms with Crippen LogP contribution in [0.3, 0.4) is 0 Å². The second kappa shape index (κ2) is 6.06. The summed E-state index contributed by atoms with van der Waals surface area (Å²) < 4.78 is 5.12. The number of thioether (sulfide) groups is 1. The van der Waals surface area contributed by atoms with Gasteiger partial charge in [-0.15, -0.1) is 11.8 Å². The molecule has 3 rings (SSSR count). The number of methoxy groups -OCH3 is 1. The minimum Gasteiger partial charge on any atom is -0.497 e. The SMILES string of the molecule is COc1ccc(SCC(=O)c2c[nH]c3ccccc23)cc1. The van der Waals surface area contributed by atoms with Gasteiger partial charge in [-0.25, -0.2) is 0 Å². The summed E-state index contributed by atoms with van der Waals surface area (Å²) in [6, 6.07) is 15.6. The average Bonchev–Trinajstić information content (AvgIpc) is 2.97. The molecule has 0 saturated carbocycles. The first-order valence-corrected chi connectivity index (χ1v) is 7.62. The second-order valence-electron chi connectivity index (χ2n) is 4.64. The van der Waals surface area contributed by atoms with Gasteiger partial charge in [0.15, 0.2) is 5.78 Å². The normalized spacial score (nSPS) is 10.7. The van der Waals surface area contributed by atoms with Crippen molar-refractivity contribution in [3.63, 3.8) is 0 Å². The van der Waals surface area contributed by atoms with Crippen molar-refractivity contribution in [2.45, 2.75) is 4.90 Å². The van der Waals surface area contributed by atoms with Crippen molar-refractivity contribution in [3.05, 3.63) is 60.3 Å². The van der Waals surface area contributed by atoms with E-state index < -0.39 is 0 Å². The Morgan fingerprint density at radius 2 is 1.90 bits per heavy atom. The van der Waals surface area contributed by atoms with Crippen LogP contribution in [0.1, 0.15) is 10.4 Å². The molecule has 21 heavy (non-hydrogen) atoms. The van der Waals surface area contributed by atoms with E-state index in [0.29, 0.717) is 5.75 Å². The lowest BCUT2D eigenvalue weighted by Gasteiger charge is -2.03. The van der Waals surface area contributed by atoms with Gasteiger partial charge < -0.3 is 9.72 Å². The lowest BCUT2D eigenvalue weighted by Crippen LogP contribution is -2.01. The molecule has 1 heterocycles. The summed E-state index contributed by atoms with van der Waals surface area (Å²) >= 11 is 1.54. The number of nitrogens with one attached hydrogen (secondary N) is 1. The molecule has 1 N–H and O–H groups in total. The molecule has 1 aromatic heterocycles. The van der Waals surface area contributed by atoms with Crippen LogP contribution in [0.2, 0.25) is 0 Å². The molecule has 0 aliphatic heterocycles. The predicted octanol–water partition coefficient (Wildman–Crippen LogP) is 4.15. The third-order valence-electron chi connectivity index (χ3n) is 3.32. The maximum absolute atomic E-state index is 12.4. The van der Waals surface area contributed by atoms with Gasteiger partial charge in [0.05, 0.1) is 12.9 Å². The molecule has 0 saturated heterocycles. The molecule has 4 heteroatoms. The monoisotopic (exact) mass is 297 g/mol. The number of para-hydroxylation sites is 1. The molecule has 0 unspecified atom stereocenters. The summed E-state index contributed by atoms with van der Waals surface area (Å²) in [5, 5.41) is 0.984. The molecule has 3 nitrogen and oxygen atoms in total. The van der Waals surface area contributed by atoms with Gasteiger partial charge in [0, 0.05) is 27.6 Å². The number of hydrogen-bond acceptors (Lipinski definition) is 3. The van der Waals surface area contributed by atoms with E-state index in [2.05, 4.69) is 4.98 Å². The summed E-state index contributed by atoms with van der Waals surface area (Å²) in [6.07, 6.45) is 1.79. The molecule has 106 valence electrons. The first kappa shape index (κ1) is 13.8. The van der Waals surface area contributed by atoms with Gasteiger partial charge in [-0.3, -0.25) is 4.79 Å². The van der Waals surface area contributed by atoms with E-state index in [1.807, 2.05) is 48.5 Å². The third-order valence-corrected chi connectivity index (χ3v) is 4.33. The van der Waals surface area contributed by atoms with Gasteiger partial charge in [0.2, 0.25) is 0 Å². The standard InChI is InChI=1S/C17H15NO2S/c1-20-12-6-8-13(9-7-12)21-11-17(19)15-10-18-16-5-3-2-4-14(15)16/h2-10,18H,11H2,1H3. The Bertz CT molecular complexity index is 762. The second-order valence-corrected chi connectivity index (χ2v) is 5.68. The number of ether oxygens (including phenoxy) is 1. The van der Waals surface area contributed by atoms with Gasteiger partial charge in [-0.05, 0) is 30.3 Å². The van der Waals surface area contributed by atoms with Crippen molar-refractivity contribution in [1.29, 1.82) is 0 Å². The number of carbonyl (C=O) groups excluding carboxylic acids is 1. The molecular formula is C17H15NO2S. The highest BCUT2D eigenvalue weighted by Gasteiger charge is 2.12. The maximum Gasteiger partial charge on any atom is 0.175 e. The van der Waals surface area contributed by atoms with Crippen LogP contribution in [0, 0.1) is 0 Å². The zero-order valence-electron chi connectivity index (χ0n) is 11.6. The molecule has 0 atom stereocenters. The Morgan fingerprint density at radius 1 is 1.14 bits per heavy atom. The van der Waals surface area contributed by atoms with E-state index in [-0.39, 0.29) is 5.78 Å². The Kier molecular flexibility index (Phi) is 3.97. The number of aromatic nitrogens is 1. The zero-order valence-corrected chi connectivity index (χ0v) is 12.4. The Hall–Kier alpha value is -2.20. The molecule has 0 spiro atoms. The van der Waals surface area contributed by atoms with E-state index in [1.165, 1.54) is 11.8 Å². The van der Waals surface area contributed by atoms with Gasteiger partial charge in [-0.2, -0.15) is 0 Å². The first-order chi connectivity index (χ1) is 10.3. The summed E-state index contributed by atoms with van der Waals surface area (Å²) in [6.45, 7) is 0. The number of hydrogen-bond donors (Lipinski definition) is 1. The molecule has 0 radical (unpaired) electrons. The minimum absolute atomic E-state index is 0.133. The van der Waals surface area contributed by atoms with Crippen LogP contribution in [-0.4, -0.2) is 23.6 Å². The fourth-order valence-electron chi connectivity index (χ4n) is 2.20. The summed E-state index contributed by atoms with van der Waals surface area (Å²) in [7, 11) is 1.64. The number of rotatable bonds is 5. The van der Waals surface area contributed by atoms with Gasteiger partial charge in [0.1, 0.15) is 5.75 Å². The van der Waals surface area contributed by atoms with Crippen LogP contribution >= 0.6 is 11.8 Å². The molecule has 0 aliphatic carbocycles. The largest absolute Gasteiger partial charge is 0.497 e. The maximum atomic E-state index is 12.4. The summed E-state index contributed by atoms with van der Waals surface area (Å²) in [5.74, 6) is 1.38. The fraction of sp³-hybridized carbons (Fsp3) is 0.118.